The maximum Gasteiger partial charge on any atom is 0.342 e. The van der Waals surface area contributed by atoms with E-state index in [9.17, 15) is 9.90 Å². The molecule has 0 unspecified atom stereocenters. The fraction of sp³-hybridized carbons (Fsp3) is 0.0625. The molecule has 122 valence electrons. The van der Waals surface area contributed by atoms with Gasteiger partial charge in [0.05, 0.1) is 16.6 Å². The molecule has 8 heteroatoms. The average Bonchev–Trinajstić information content (AvgIpc) is 2.98. The van der Waals surface area contributed by atoms with Crippen molar-refractivity contribution in [1.82, 2.24) is 10.2 Å². The van der Waals surface area contributed by atoms with E-state index >= 15 is 0 Å². The van der Waals surface area contributed by atoms with Crippen LogP contribution < -0.4 is 9.67 Å². The molecule has 0 amide bonds. The van der Waals surface area contributed by atoms with Crippen molar-refractivity contribution < 1.29 is 14.5 Å². The molecule has 0 aliphatic carbocycles. The van der Waals surface area contributed by atoms with Gasteiger partial charge in [0, 0.05) is 15.8 Å². The SMILES string of the molecule is O=C([O-])CSc1n[nH]c(-c2ccc(Cl)cc2)[n+]1-c1ccc(Cl)cc1. The summed E-state index contributed by atoms with van der Waals surface area (Å²) in [7, 11) is 0. The first-order valence-corrected chi connectivity index (χ1v) is 8.63. The van der Waals surface area contributed by atoms with E-state index in [4.69, 9.17) is 23.2 Å². The lowest BCUT2D eigenvalue weighted by Crippen LogP contribution is -2.34. The second kappa shape index (κ2) is 7.25. The molecule has 0 radical (unpaired) electrons. The maximum absolute atomic E-state index is 10.8. The van der Waals surface area contributed by atoms with Crippen LogP contribution in [-0.4, -0.2) is 21.9 Å². The monoisotopic (exact) mass is 379 g/mol. The molecular formula is C16H11Cl2N3O2S. The van der Waals surface area contributed by atoms with E-state index in [1.165, 1.54) is 0 Å². The standard InChI is InChI=1S/C16H11Cl2N3O2S/c17-11-3-1-10(2-4-11)15-19-20-16(24-9-14(22)23)21(15)13-7-5-12(18)6-8-13/h1-8H,9H2,(H,22,23). The van der Waals surface area contributed by atoms with Crippen molar-refractivity contribution in [3.63, 3.8) is 0 Å². The van der Waals surface area contributed by atoms with Gasteiger partial charge in [-0.2, -0.15) is 4.57 Å². The van der Waals surface area contributed by atoms with E-state index in [1.807, 2.05) is 28.8 Å². The smallest absolute Gasteiger partial charge is 0.342 e. The summed E-state index contributed by atoms with van der Waals surface area (Å²) in [4.78, 5) is 10.8. The minimum Gasteiger partial charge on any atom is -0.549 e. The number of hydrogen-bond acceptors (Lipinski definition) is 4. The summed E-state index contributed by atoms with van der Waals surface area (Å²) in [5.41, 5.74) is 1.67. The van der Waals surface area contributed by atoms with Crippen LogP contribution in [0.4, 0.5) is 0 Å². The summed E-state index contributed by atoms with van der Waals surface area (Å²) in [6.07, 6.45) is 0. The molecule has 1 N–H and O–H groups in total. The van der Waals surface area contributed by atoms with Gasteiger partial charge >= 0.3 is 5.16 Å². The number of benzene rings is 2. The largest absolute Gasteiger partial charge is 0.549 e. The zero-order valence-corrected chi connectivity index (χ0v) is 14.5. The van der Waals surface area contributed by atoms with Gasteiger partial charge < -0.3 is 9.90 Å². The van der Waals surface area contributed by atoms with Gasteiger partial charge in [-0.25, -0.2) is 0 Å². The van der Waals surface area contributed by atoms with E-state index < -0.39 is 5.97 Å². The molecule has 0 bridgehead atoms. The molecule has 0 atom stereocenters. The van der Waals surface area contributed by atoms with Crippen molar-refractivity contribution in [2.75, 3.05) is 5.75 Å². The number of hydrogen-bond donors (Lipinski definition) is 1. The number of carboxylic acids is 1. The molecule has 5 nitrogen and oxygen atoms in total. The Bertz CT molecular complexity index is 864. The van der Waals surface area contributed by atoms with Gasteiger partial charge in [-0.05, 0) is 60.3 Å². The number of aromatic amines is 1. The molecule has 1 heterocycles. The molecule has 3 rings (SSSR count). The predicted molar refractivity (Wildman–Crippen MR) is 91.3 cm³/mol. The normalized spacial score (nSPS) is 10.8. The van der Waals surface area contributed by atoms with Gasteiger partial charge in [-0.3, -0.25) is 0 Å². The third-order valence-corrected chi connectivity index (χ3v) is 4.61. The fourth-order valence-corrected chi connectivity index (χ4v) is 3.08. The number of thioether (sulfide) groups is 1. The molecule has 0 spiro atoms. The second-order valence-corrected chi connectivity index (χ2v) is 6.65. The minimum absolute atomic E-state index is 0.196. The van der Waals surface area contributed by atoms with Crippen molar-refractivity contribution in [3.05, 3.63) is 58.6 Å². The number of halogens is 2. The molecule has 0 aliphatic heterocycles. The fourth-order valence-electron chi connectivity index (χ4n) is 2.15. The summed E-state index contributed by atoms with van der Waals surface area (Å²) in [6, 6.07) is 14.5. The Morgan fingerprint density at radius 2 is 1.67 bits per heavy atom. The Morgan fingerprint density at radius 3 is 2.25 bits per heavy atom. The minimum atomic E-state index is -1.15. The molecule has 0 saturated carbocycles. The molecule has 3 aromatic rings. The summed E-state index contributed by atoms with van der Waals surface area (Å²) < 4.78 is 1.83. The van der Waals surface area contributed by atoms with Crippen molar-refractivity contribution in [3.8, 4) is 17.1 Å². The molecular weight excluding hydrogens is 369 g/mol. The Balaban J connectivity index is 2.09. The van der Waals surface area contributed by atoms with Crippen LogP contribution in [0.1, 0.15) is 0 Å². The van der Waals surface area contributed by atoms with Crippen LogP contribution in [0.3, 0.4) is 0 Å². The Labute approximate surface area is 152 Å². The first kappa shape index (κ1) is 16.8. The van der Waals surface area contributed by atoms with Crippen LogP contribution in [0.5, 0.6) is 0 Å². The molecule has 2 aromatic carbocycles. The van der Waals surface area contributed by atoms with Crippen LogP contribution in [0.15, 0.2) is 53.7 Å². The highest BCUT2D eigenvalue weighted by Gasteiger charge is 2.23. The highest BCUT2D eigenvalue weighted by molar-refractivity contribution is 7.99. The summed E-state index contributed by atoms with van der Waals surface area (Å²) in [5.74, 6) is -0.646. The number of carbonyl (C=O) groups excluding carboxylic acids is 1. The summed E-state index contributed by atoms with van der Waals surface area (Å²) in [5, 5.41) is 19.7. The number of H-pyrrole nitrogens is 1. The summed E-state index contributed by atoms with van der Waals surface area (Å²) >= 11 is 13.0. The van der Waals surface area contributed by atoms with E-state index in [0.29, 0.717) is 21.0 Å². The van der Waals surface area contributed by atoms with E-state index in [-0.39, 0.29) is 5.75 Å². The molecule has 0 saturated heterocycles. The lowest BCUT2D eigenvalue weighted by atomic mass is 10.2. The lowest BCUT2D eigenvalue weighted by Gasteiger charge is -2.05. The van der Waals surface area contributed by atoms with Crippen LogP contribution in [0.25, 0.3) is 17.1 Å². The lowest BCUT2D eigenvalue weighted by molar-refractivity contribution is -0.625. The van der Waals surface area contributed by atoms with Gasteiger partial charge in [0.2, 0.25) is 0 Å². The predicted octanol–water partition coefficient (Wildman–Crippen LogP) is 2.50. The topological polar surface area (TPSA) is 72.7 Å². The van der Waals surface area contributed by atoms with E-state index in [1.54, 1.807) is 24.3 Å². The average molecular weight is 380 g/mol. The molecule has 0 aliphatic rings. The van der Waals surface area contributed by atoms with Gasteiger partial charge in [-0.15, -0.1) is 5.10 Å². The molecule has 0 fully saturated rings. The van der Waals surface area contributed by atoms with Crippen molar-refractivity contribution in [2.45, 2.75) is 5.16 Å². The number of carboxylic acid groups (broad SMARTS) is 1. The van der Waals surface area contributed by atoms with Gasteiger partial charge in [0.25, 0.3) is 5.82 Å². The van der Waals surface area contributed by atoms with Crippen LogP contribution in [0, 0.1) is 0 Å². The van der Waals surface area contributed by atoms with Crippen molar-refractivity contribution in [2.24, 2.45) is 0 Å². The first-order valence-electron chi connectivity index (χ1n) is 6.89. The van der Waals surface area contributed by atoms with Crippen molar-refractivity contribution in [1.29, 1.82) is 0 Å². The highest BCUT2D eigenvalue weighted by Crippen LogP contribution is 2.22. The quantitative estimate of drug-likeness (QED) is 0.545. The first-order chi connectivity index (χ1) is 11.5. The van der Waals surface area contributed by atoms with Crippen LogP contribution in [0.2, 0.25) is 10.0 Å². The van der Waals surface area contributed by atoms with Gasteiger partial charge in [0.1, 0.15) is 5.69 Å². The Hall–Kier alpha value is -2.02. The Morgan fingerprint density at radius 1 is 1.08 bits per heavy atom. The van der Waals surface area contributed by atoms with E-state index in [0.717, 1.165) is 23.0 Å². The summed E-state index contributed by atoms with van der Waals surface area (Å²) in [6.45, 7) is 0. The highest BCUT2D eigenvalue weighted by atomic mass is 35.5. The molecule has 24 heavy (non-hydrogen) atoms. The van der Waals surface area contributed by atoms with Crippen LogP contribution >= 0.6 is 35.0 Å². The molecule has 1 aromatic heterocycles. The number of aromatic nitrogens is 3. The second-order valence-electron chi connectivity index (χ2n) is 4.83. The Kier molecular flexibility index (Phi) is 5.08. The van der Waals surface area contributed by atoms with Gasteiger partial charge in [-0.1, -0.05) is 23.2 Å². The zero-order valence-electron chi connectivity index (χ0n) is 12.2. The number of nitrogens with one attached hydrogen (secondary N) is 1. The van der Waals surface area contributed by atoms with Gasteiger partial charge in [0.15, 0.2) is 0 Å². The maximum atomic E-state index is 10.8. The zero-order chi connectivity index (χ0) is 17.1. The number of aliphatic carboxylic acids is 1. The third-order valence-electron chi connectivity index (χ3n) is 3.19. The van der Waals surface area contributed by atoms with Crippen molar-refractivity contribution >= 4 is 40.9 Å². The number of carbonyl (C=O) groups is 1. The third kappa shape index (κ3) is 3.72. The number of rotatable bonds is 5. The van der Waals surface area contributed by atoms with E-state index in [2.05, 4.69) is 10.2 Å². The number of nitrogens with zero attached hydrogens (tertiary/aromatic N) is 2. The van der Waals surface area contributed by atoms with Crippen LogP contribution in [-0.2, 0) is 4.79 Å².